The minimum atomic E-state index is -0.119. The Bertz CT molecular complexity index is 1130. The lowest BCUT2D eigenvalue weighted by Gasteiger charge is -2.31. The Morgan fingerprint density at radius 3 is 2.42 bits per heavy atom. The summed E-state index contributed by atoms with van der Waals surface area (Å²) in [4.78, 5) is 14.8. The molecule has 3 aromatic carbocycles. The van der Waals surface area contributed by atoms with Crippen molar-refractivity contribution in [2.45, 2.75) is 33.6 Å². The number of amides is 1. The summed E-state index contributed by atoms with van der Waals surface area (Å²) in [6.45, 7) is 8.28. The average Bonchev–Trinajstić information content (AvgIpc) is 2.76. The van der Waals surface area contributed by atoms with Crippen LogP contribution in [0.15, 0.2) is 54.6 Å². The molecule has 160 valence electrons. The fourth-order valence-electron chi connectivity index (χ4n) is 3.81. The van der Waals surface area contributed by atoms with Crippen molar-refractivity contribution in [1.82, 2.24) is 4.90 Å². The number of fused-ring (bicyclic) bond motifs is 1. The highest BCUT2D eigenvalue weighted by molar-refractivity contribution is 7.80. The van der Waals surface area contributed by atoms with Gasteiger partial charge in [0.1, 0.15) is 5.75 Å². The van der Waals surface area contributed by atoms with Gasteiger partial charge in [-0.1, -0.05) is 25.1 Å². The van der Waals surface area contributed by atoms with E-state index < -0.39 is 0 Å². The number of rotatable bonds is 3. The van der Waals surface area contributed by atoms with Gasteiger partial charge in [0.25, 0.3) is 11.1 Å². The number of hydrogen-bond donors (Lipinski definition) is 1. The van der Waals surface area contributed by atoms with E-state index in [1.54, 1.807) is 0 Å². The van der Waals surface area contributed by atoms with Gasteiger partial charge in [-0.15, -0.1) is 0 Å². The number of aryl methyl sites for hydroxylation is 2. The molecule has 1 aliphatic rings. The highest BCUT2D eigenvalue weighted by Crippen LogP contribution is 2.24. The number of ether oxygens (including phenoxy) is 1. The van der Waals surface area contributed by atoms with Crippen LogP contribution in [0.5, 0.6) is 5.75 Å². The largest absolute Gasteiger partial charge is 0.432 e. The van der Waals surface area contributed by atoms with Crippen LogP contribution < -0.4 is 10.1 Å². The summed E-state index contributed by atoms with van der Waals surface area (Å²) >= 11 is 5.50. The van der Waals surface area contributed by atoms with Crippen LogP contribution in [-0.2, 0) is 0 Å². The molecule has 0 spiro atoms. The van der Waals surface area contributed by atoms with Crippen molar-refractivity contribution in [3.63, 3.8) is 0 Å². The summed E-state index contributed by atoms with van der Waals surface area (Å²) in [5.41, 5.74) is 3.78. The van der Waals surface area contributed by atoms with E-state index in [0.717, 1.165) is 59.6 Å². The zero-order valence-corrected chi connectivity index (χ0v) is 19.1. The minimum Gasteiger partial charge on any atom is -0.432 e. The number of hydrogen-bond acceptors (Lipinski definition) is 3. The fourth-order valence-corrected chi connectivity index (χ4v) is 4.09. The predicted molar refractivity (Wildman–Crippen MR) is 131 cm³/mol. The van der Waals surface area contributed by atoms with Gasteiger partial charge in [-0.05, 0) is 103 Å². The predicted octanol–water partition coefficient (Wildman–Crippen LogP) is 6.10. The Hall–Kier alpha value is -2.92. The molecule has 1 saturated heterocycles. The van der Waals surface area contributed by atoms with Crippen molar-refractivity contribution < 1.29 is 9.53 Å². The molecule has 0 atom stereocenters. The summed E-state index contributed by atoms with van der Waals surface area (Å²) in [5, 5.41) is 5.51. The number of carbonyl (C=O) groups excluding carboxylic acids is 1. The number of likely N-dealkylation sites (tertiary alicyclic amines) is 1. The van der Waals surface area contributed by atoms with E-state index in [4.69, 9.17) is 17.0 Å². The molecule has 1 aliphatic heterocycles. The van der Waals surface area contributed by atoms with E-state index in [0.29, 0.717) is 10.7 Å². The lowest BCUT2D eigenvalue weighted by molar-refractivity contribution is 0.102. The molecule has 4 nitrogen and oxygen atoms in total. The van der Waals surface area contributed by atoms with Gasteiger partial charge in [-0.2, -0.15) is 0 Å². The molecule has 0 bridgehead atoms. The molecular formula is C26H28N2O2S. The summed E-state index contributed by atoms with van der Waals surface area (Å²) in [5.74, 6) is 1.36. The van der Waals surface area contributed by atoms with Crippen LogP contribution >= 0.6 is 12.2 Å². The molecule has 1 heterocycles. The van der Waals surface area contributed by atoms with Gasteiger partial charge >= 0.3 is 0 Å². The Morgan fingerprint density at radius 1 is 0.968 bits per heavy atom. The van der Waals surface area contributed by atoms with Crippen molar-refractivity contribution in [2.24, 2.45) is 5.92 Å². The summed E-state index contributed by atoms with van der Waals surface area (Å²) in [7, 11) is 0. The van der Waals surface area contributed by atoms with Crippen LogP contribution in [-0.4, -0.2) is 29.1 Å². The van der Waals surface area contributed by atoms with E-state index in [1.165, 1.54) is 5.56 Å². The third-order valence-corrected chi connectivity index (χ3v) is 6.43. The Labute approximate surface area is 189 Å². The average molecular weight is 433 g/mol. The zero-order valence-electron chi connectivity index (χ0n) is 18.3. The van der Waals surface area contributed by atoms with Crippen LogP contribution in [0.4, 0.5) is 5.69 Å². The van der Waals surface area contributed by atoms with Crippen LogP contribution in [0, 0.1) is 19.8 Å². The first-order valence-corrected chi connectivity index (χ1v) is 11.2. The van der Waals surface area contributed by atoms with Gasteiger partial charge in [-0.3, -0.25) is 4.79 Å². The van der Waals surface area contributed by atoms with Gasteiger partial charge in [0.2, 0.25) is 0 Å². The fraction of sp³-hybridized carbons (Fsp3) is 0.308. The van der Waals surface area contributed by atoms with Crippen molar-refractivity contribution in [3.8, 4) is 5.75 Å². The van der Waals surface area contributed by atoms with Gasteiger partial charge in [0.05, 0.1) is 0 Å². The number of anilines is 1. The van der Waals surface area contributed by atoms with E-state index in [1.807, 2.05) is 61.5 Å². The molecular weight excluding hydrogens is 404 g/mol. The molecule has 0 unspecified atom stereocenters. The van der Waals surface area contributed by atoms with E-state index in [2.05, 4.69) is 24.1 Å². The normalized spacial score (nSPS) is 14.5. The van der Waals surface area contributed by atoms with Crippen molar-refractivity contribution in [3.05, 3.63) is 71.3 Å². The number of benzene rings is 3. The first-order chi connectivity index (χ1) is 14.9. The number of piperidine rings is 1. The van der Waals surface area contributed by atoms with Crippen LogP contribution in [0.3, 0.4) is 0 Å². The number of thiocarbonyl (C=S) groups is 1. The molecule has 0 aromatic heterocycles. The van der Waals surface area contributed by atoms with Gasteiger partial charge in [-0.25, -0.2) is 0 Å². The third-order valence-electron chi connectivity index (χ3n) is 6.09. The molecule has 1 amide bonds. The third kappa shape index (κ3) is 5.05. The number of nitrogens with zero attached hydrogens (tertiary/aromatic N) is 1. The van der Waals surface area contributed by atoms with Gasteiger partial charge < -0.3 is 15.0 Å². The second kappa shape index (κ2) is 9.06. The maximum absolute atomic E-state index is 12.7. The second-order valence-electron chi connectivity index (χ2n) is 8.51. The van der Waals surface area contributed by atoms with Crippen molar-refractivity contribution in [1.29, 1.82) is 0 Å². The van der Waals surface area contributed by atoms with Crippen LogP contribution in [0.1, 0.15) is 41.3 Å². The molecule has 0 radical (unpaired) electrons. The summed E-state index contributed by atoms with van der Waals surface area (Å²) < 4.78 is 5.95. The molecule has 31 heavy (non-hydrogen) atoms. The standard InChI is InChI=1S/C26H28N2O2S/c1-17-10-12-28(13-11-17)26(31)30-24-9-7-20-15-22(6-5-21(20)16-24)25(29)27-23-8-4-18(2)19(3)14-23/h4-9,14-17H,10-13H2,1-3H3,(H,27,29). The summed E-state index contributed by atoms with van der Waals surface area (Å²) in [6.07, 6.45) is 2.29. The molecule has 0 saturated carbocycles. The number of carbonyl (C=O) groups is 1. The minimum absolute atomic E-state index is 0.119. The molecule has 1 fully saturated rings. The van der Waals surface area contributed by atoms with E-state index >= 15 is 0 Å². The van der Waals surface area contributed by atoms with Gasteiger partial charge in [0, 0.05) is 24.3 Å². The first-order valence-electron chi connectivity index (χ1n) is 10.8. The Balaban J connectivity index is 1.45. The highest BCUT2D eigenvalue weighted by Gasteiger charge is 2.19. The maximum atomic E-state index is 12.7. The quantitative estimate of drug-likeness (QED) is 0.508. The zero-order chi connectivity index (χ0) is 22.0. The SMILES string of the molecule is Cc1ccc(NC(=O)c2ccc3cc(OC(=S)N4CCC(C)CC4)ccc3c2)cc1C. The molecule has 4 rings (SSSR count). The first kappa shape index (κ1) is 21.3. The topological polar surface area (TPSA) is 41.6 Å². The number of nitrogens with one attached hydrogen (secondary N) is 1. The molecule has 0 aliphatic carbocycles. The molecule has 1 N–H and O–H groups in total. The molecule has 5 heteroatoms. The van der Waals surface area contributed by atoms with Crippen molar-refractivity contribution in [2.75, 3.05) is 18.4 Å². The van der Waals surface area contributed by atoms with Gasteiger partial charge in [0.15, 0.2) is 0 Å². The lowest BCUT2D eigenvalue weighted by atomic mass is 10.00. The molecule has 3 aromatic rings. The second-order valence-corrected chi connectivity index (χ2v) is 8.86. The highest BCUT2D eigenvalue weighted by atomic mass is 32.1. The van der Waals surface area contributed by atoms with Crippen molar-refractivity contribution >= 4 is 39.8 Å². The maximum Gasteiger partial charge on any atom is 0.264 e. The smallest absolute Gasteiger partial charge is 0.264 e. The summed E-state index contributed by atoms with van der Waals surface area (Å²) in [6, 6.07) is 17.5. The Kier molecular flexibility index (Phi) is 6.23. The monoisotopic (exact) mass is 432 g/mol. The lowest BCUT2D eigenvalue weighted by Crippen LogP contribution is -2.39. The van der Waals surface area contributed by atoms with E-state index in [-0.39, 0.29) is 5.91 Å². The Morgan fingerprint density at radius 2 is 1.68 bits per heavy atom. The van der Waals surface area contributed by atoms with E-state index in [9.17, 15) is 4.79 Å². The van der Waals surface area contributed by atoms with Crippen LogP contribution in [0.2, 0.25) is 0 Å². The van der Waals surface area contributed by atoms with Crippen LogP contribution in [0.25, 0.3) is 10.8 Å².